The third-order valence-corrected chi connectivity index (χ3v) is 3.50. The second-order valence-electron chi connectivity index (χ2n) is 4.87. The third-order valence-electron chi connectivity index (χ3n) is 3.22. The number of rotatable bonds is 4. The number of amides is 2. The van der Waals surface area contributed by atoms with Gasteiger partial charge in [-0.15, -0.1) is 0 Å². The Bertz CT molecular complexity index is 456. The van der Waals surface area contributed by atoms with Crippen molar-refractivity contribution in [2.45, 2.75) is 32.3 Å². The van der Waals surface area contributed by atoms with Crippen LogP contribution >= 0.6 is 11.6 Å². The lowest BCUT2D eigenvalue weighted by atomic mass is 10.1. The molecule has 0 spiro atoms. The summed E-state index contributed by atoms with van der Waals surface area (Å²) in [6.07, 6.45) is 5.99. The van der Waals surface area contributed by atoms with Crippen LogP contribution in [0.1, 0.15) is 26.2 Å². The number of hydrogen-bond donors (Lipinski definition) is 1. The molecule has 0 bridgehead atoms. The number of carbonyl (C=O) groups excluding carboxylic acids is 1. The molecule has 110 valence electrons. The molecule has 1 aromatic rings. The van der Waals surface area contributed by atoms with Gasteiger partial charge in [0.1, 0.15) is 16.9 Å². The average Bonchev–Trinajstić information content (AvgIpc) is 2.47. The van der Waals surface area contributed by atoms with E-state index < -0.39 is 0 Å². The summed E-state index contributed by atoms with van der Waals surface area (Å²) >= 11 is 6.03. The van der Waals surface area contributed by atoms with Gasteiger partial charge in [-0.05, 0) is 19.3 Å². The van der Waals surface area contributed by atoms with E-state index in [-0.39, 0.29) is 12.1 Å². The van der Waals surface area contributed by atoms with Crippen molar-refractivity contribution >= 4 is 17.6 Å². The molecule has 1 unspecified atom stereocenters. The highest BCUT2D eigenvalue weighted by atomic mass is 35.5. The number of halogens is 1. The molecule has 0 aliphatic carbocycles. The van der Waals surface area contributed by atoms with E-state index in [4.69, 9.17) is 16.3 Å². The Balaban J connectivity index is 1.90. The lowest BCUT2D eigenvalue weighted by Gasteiger charge is -2.33. The maximum Gasteiger partial charge on any atom is 0.317 e. The van der Waals surface area contributed by atoms with Crippen LogP contribution in [-0.4, -0.2) is 41.7 Å². The maximum absolute atomic E-state index is 11.9. The van der Waals surface area contributed by atoms with E-state index in [1.54, 1.807) is 23.4 Å². The summed E-state index contributed by atoms with van der Waals surface area (Å²) in [5.74, 6) is 0.627. The molecule has 6 heteroatoms. The van der Waals surface area contributed by atoms with E-state index in [2.05, 4.69) is 10.3 Å². The zero-order valence-corrected chi connectivity index (χ0v) is 12.4. The van der Waals surface area contributed by atoms with Gasteiger partial charge in [-0.2, -0.15) is 0 Å². The zero-order valence-electron chi connectivity index (χ0n) is 11.6. The number of urea groups is 1. The lowest BCUT2D eigenvalue weighted by Crippen LogP contribution is -2.48. The molecule has 1 aromatic heterocycles. The molecule has 1 aliphatic heterocycles. The van der Waals surface area contributed by atoms with Crippen molar-refractivity contribution in [3.8, 4) is 5.75 Å². The minimum atomic E-state index is -0.0176. The van der Waals surface area contributed by atoms with Crippen LogP contribution in [0.15, 0.2) is 18.5 Å². The molecule has 1 atom stereocenters. The molecule has 5 nitrogen and oxygen atoms in total. The number of aromatic nitrogens is 1. The van der Waals surface area contributed by atoms with Crippen molar-refractivity contribution < 1.29 is 9.53 Å². The largest absolute Gasteiger partial charge is 0.487 e. The van der Waals surface area contributed by atoms with E-state index in [9.17, 15) is 4.79 Å². The molecule has 1 saturated heterocycles. The number of piperidine rings is 1. The Kier molecular flexibility index (Phi) is 5.47. The number of nitrogens with zero attached hydrogens (tertiary/aromatic N) is 2. The molecule has 2 rings (SSSR count). The van der Waals surface area contributed by atoms with Crippen molar-refractivity contribution in [1.29, 1.82) is 0 Å². The number of pyridine rings is 1. The standard InChI is InChI=1S/C14H20ClN3O2/c1-2-6-17-14(19)18-8-3-4-11(10-18)20-13-5-7-16-9-12(13)15/h5,7,9,11H,2-4,6,8,10H2,1H3,(H,17,19). The van der Waals surface area contributed by atoms with E-state index in [1.165, 1.54) is 0 Å². The average molecular weight is 298 g/mol. The van der Waals surface area contributed by atoms with Gasteiger partial charge in [-0.3, -0.25) is 4.98 Å². The van der Waals surface area contributed by atoms with Gasteiger partial charge in [-0.1, -0.05) is 18.5 Å². The molecule has 2 amide bonds. The Morgan fingerprint density at radius 1 is 1.65 bits per heavy atom. The Hall–Kier alpha value is -1.49. The third kappa shape index (κ3) is 4.00. The zero-order chi connectivity index (χ0) is 14.4. The first-order valence-electron chi connectivity index (χ1n) is 6.99. The van der Waals surface area contributed by atoms with Crippen LogP contribution in [0.2, 0.25) is 5.02 Å². The van der Waals surface area contributed by atoms with Crippen molar-refractivity contribution in [3.63, 3.8) is 0 Å². The molecule has 2 heterocycles. The number of nitrogens with one attached hydrogen (secondary N) is 1. The van der Waals surface area contributed by atoms with Crippen LogP contribution in [0.25, 0.3) is 0 Å². The summed E-state index contributed by atoms with van der Waals surface area (Å²) in [4.78, 5) is 17.7. The first-order chi connectivity index (χ1) is 9.70. The van der Waals surface area contributed by atoms with Gasteiger partial charge >= 0.3 is 6.03 Å². The van der Waals surface area contributed by atoms with Crippen molar-refractivity contribution in [2.24, 2.45) is 0 Å². The van der Waals surface area contributed by atoms with Gasteiger partial charge in [-0.25, -0.2) is 4.79 Å². The van der Waals surface area contributed by atoms with Gasteiger partial charge in [0, 0.05) is 31.5 Å². The van der Waals surface area contributed by atoms with Crippen LogP contribution in [0.4, 0.5) is 4.79 Å². The SMILES string of the molecule is CCCNC(=O)N1CCCC(Oc2ccncc2Cl)C1. The topological polar surface area (TPSA) is 54.5 Å². The summed E-state index contributed by atoms with van der Waals surface area (Å²) in [5.41, 5.74) is 0. The number of ether oxygens (including phenoxy) is 1. The van der Waals surface area contributed by atoms with E-state index in [0.717, 1.165) is 25.8 Å². The molecular formula is C14H20ClN3O2. The Labute approximate surface area is 124 Å². The summed E-state index contributed by atoms with van der Waals surface area (Å²) in [6, 6.07) is 1.74. The second kappa shape index (κ2) is 7.33. The molecule has 0 saturated carbocycles. The second-order valence-corrected chi connectivity index (χ2v) is 5.27. The molecule has 1 fully saturated rings. The number of carbonyl (C=O) groups is 1. The summed E-state index contributed by atoms with van der Waals surface area (Å²) in [6.45, 7) is 4.11. The van der Waals surface area contributed by atoms with Gasteiger partial charge in [0.25, 0.3) is 0 Å². The normalized spacial score (nSPS) is 18.7. The maximum atomic E-state index is 11.9. The van der Waals surface area contributed by atoms with E-state index in [0.29, 0.717) is 23.9 Å². The fourth-order valence-corrected chi connectivity index (χ4v) is 2.36. The fraction of sp³-hybridized carbons (Fsp3) is 0.571. The summed E-state index contributed by atoms with van der Waals surface area (Å²) in [7, 11) is 0. The highest BCUT2D eigenvalue weighted by Gasteiger charge is 2.25. The van der Waals surface area contributed by atoms with Crippen LogP contribution in [0, 0.1) is 0 Å². The Morgan fingerprint density at radius 3 is 3.25 bits per heavy atom. The summed E-state index contributed by atoms with van der Waals surface area (Å²) in [5, 5.41) is 3.39. The van der Waals surface area contributed by atoms with Crippen LogP contribution in [-0.2, 0) is 0 Å². The number of hydrogen-bond acceptors (Lipinski definition) is 3. The molecule has 0 radical (unpaired) electrons. The monoisotopic (exact) mass is 297 g/mol. The van der Waals surface area contributed by atoms with Gasteiger partial charge in [0.15, 0.2) is 0 Å². The van der Waals surface area contributed by atoms with Gasteiger partial charge in [0.05, 0.1) is 6.54 Å². The van der Waals surface area contributed by atoms with Crippen molar-refractivity contribution in [3.05, 3.63) is 23.5 Å². The van der Waals surface area contributed by atoms with E-state index >= 15 is 0 Å². The fourth-order valence-electron chi connectivity index (χ4n) is 2.20. The quantitative estimate of drug-likeness (QED) is 0.929. The molecule has 20 heavy (non-hydrogen) atoms. The molecule has 1 aliphatic rings. The van der Waals surface area contributed by atoms with E-state index in [1.807, 2.05) is 6.92 Å². The minimum Gasteiger partial charge on any atom is -0.487 e. The summed E-state index contributed by atoms with van der Waals surface area (Å²) < 4.78 is 5.88. The predicted molar refractivity (Wildman–Crippen MR) is 78.2 cm³/mol. The first kappa shape index (κ1) is 14.9. The van der Waals surface area contributed by atoms with Gasteiger partial charge in [0.2, 0.25) is 0 Å². The molecular weight excluding hydrogens is 278 g/mol. The van der Waals surface area contributed by atoms with Crippen molar-refractivity contribution in [2.75, 3.05) is 19.6 Å². The predicted octanol–water partition coefficient (Wildman–Crippen LogP) is 2.70. The Morgan fingerprint density at radius 2 is 2.50 bits per heavy atom. The van der Waals surface area contributed by atoms with Crippen molar-refractivity contribution in [1.82, 2.24) is 15.2 Å². The molecule has 0 aromatic carbocycles. The van der Waals surface area contributed by atoms with Crippen LogP contribution in [0.3, 0.4) is 0 Å². The highest BCUT2D eigenvalue weighted by Crippen LogP contribution is 2.25. The number of likely N-dealkylation sites (tertiary alicyclic amines) is 1. The van der Waals surface area contributed by atoms with Gasteiger partial charge < -0.3 is 15.0 Å². The minimum absolute atomic E-state index is 0.0130. The first-order valence-corrected chi connectivity index (χ1v) is 7.37. The molecule has 1 N–H and O–H groups in total. The highest BCUT2D eigenvalue weighted by molar-refractivity contribution is 6.31. The van der Waals surface area contributed by atoms with Crippen LogP contribution < -0.4 is 10.1 Å². The smallest absolute Gasteiger partial charge is 0.317 e. The van der Waals surface area contributed by atoms with Crippen LogP contribution in [0.5, 0.6) is 5.75 Å². The lowest BCUT2D eigenvalue weighted by molar-refractivity contribution is 0.101.